The van der Waals surface area contributed by atoms with Gasteiger partial charge in [-0.15, -0.1) is 0 Å². The Hall–Kier alpha value is -2.48. The molecule has 1 atom stereocenters. The van der Waals surface area contributed by atoms with Crippen LogP contribution in [-0.2, 0) is 16.0 Å². The minimum absolute atomic E-state index is 0.0462. The lowest BCUT2D eigenvalue weighted by molar-refractivity contribution is -0.384. The summed E-state index contributed by atoms with van der Waals surface area (Å²) in [7, 11) is 0. The SMILES string of the molecule is O=C1CNC(C(=O)NCCc2ccc([N+](=O)[O-])cc2)CN1. The van der Waals surface area contributed by atoms with E-state index in [0.717, 1.165) is 5.56 Å². The zero-order valence-corrected chi connectivity index (χ0v) is 11.3. The van der Waals surface area contributed by atoms with E-state index < -0.39 is 11.0 Å². The lowest BCUT2D eigenvalue weighted by Gasteiger charge is -2.23. The molecule has 1 aliphatic rings. The van der Waals surface area contributed by atoms with Crippen molar-refractivity contribution < 1.29 is 14.5 Å². The number of carbonyl (C=O) groups excluding carboxylic acids is 2. The van der Waals surface area contributed by atoms with Crippen LogP contribution in [0.25, 0.3) is 0 Å². The van der Waals surface area contributed by atoms with Gasteiger partial charge in [-0.05, 0) is 12.0 Å². The van der Waals surface area contributed by atoms with Crippen molar-refractivity contribution in [2.75, 3.05) is 19.6 Å². The summed E-state index contributed by atoms with van der Waals surface area (Å²) in [6.45, 7) is 0.853. The minimum Gasteiger partial charge on any atom is -0.354 e. The molecule has 1 saturated heterocycles. The van der Waals surface area contributed by atoms with Crippen molar-refractivity contribution in [1.82, 2.24) is 16.0 Å². The number of nitrogens with zero attached hydrogens (tertiary/aromatic N) is 1. The average molecular weight is 292 g/mol. The maximum atomic E-state index is 11.8. The van der Waals surface area contributed by atoms with Crippen LogP contribution in [0.4, 0.5) is 5.69 Å². The highest BCUT2D eigenvalue weighted by Gasteiger charge is 2.23. The standard InChI is InChI=1S/C13H16N4O4/c18-12-8-15-11(7-16-12)13(19)14-6-5-9-1-3-10(4-2-9)17(20)21/h1-4,11,15H,5-8H2,(H,14,19)(H,16,18). The Morgan fingerprint density at radius 1 is 1.38 bits per heavy atom. The normalized spacial score (nSPS) is 17.9. The molecule has 2 amide bonds. The van der Waals surface area contributed by atoms with E-state index in [2.05, 4.69) is 16.0 Å². The molecule has 0 aromatic heterocycles. The molecule has 1 unspecified atom stereocenters. The summed E-state index contributed by atoms with van der Waals surface area (Å²) >= 11 is 0. The molecule has 0 saturated carbocycles. The molecule has 1 aromatic rings. The molecule has 1 aliphatic heterocycles. The van der Waals surface area contributed by atoms with Crippen molar-refractivity contribution in [2.24, 2.45) is 0 Å². The van der Waals surface area contributed by atoms with E-state index in [0.29, 0.717) is 13.0 Å². The number of carbonyl (C=O) groups is 2. The summed E-state index contributed by atoms with van der Waals surface area (Å²) < 4.78 is 0. The summed E-state index contributed by atoms with van der Waals surface area (Å²) in [5.41, 5.74) is 0.954. The fourth-order valence-electron chi connectivity index (χ4n) is 1.99. The zero-order chi connectivity index (χ0) is 15.2. The van der Waals surface area contributed by atoms with E-state index in [1.165, 1.54) is 12.1 Å². The van der Waals surface area contributed by atoms with E-state index in [-0.39, 0.29) is 30.6 Å². The van der Waals surface area contributed by atoms with Crippen LogP contribution in [0, 0.1) is 10.1 Å². The molecule has 0 spiro atoms. The van der Waals surface area contributed by atoms with E-state index in [1.807, 2.05) is 0 Å². The first-order valence-corrected chi connectivity index (χ1v) is 6.57. The smallest absolute Gasteiger partial charge is 0.269 e. The highest BCUT2D eigenvalue weighted by Crippen LogP contribution is 2.11. The molecule has 1 fully saturated rings. The Bertz CT molecular complexity index is 534. The van der Waals surface area contributed by atoms with Gasteiger partial charge in [0.05, 0.1) is 11.5 Å². The number of hydrogen-bond acceptors (Lipinski definition) is 5. The maximum Gasteiger partial charge on any atom is 0.269 e. The van der Waals surface area contributed by atoms with E-state index in [1.54, 1.807) is 12.1 Å². The third kappa shape index (κ3) is 4.25. The van der Waals surface area contributed by atoms with Gasteiger partial charge >= 0.3 is 0 Å². The number of hydrogen-bond donors (Lipinski definition) is 3. The van der Waals surface area contributed by atoms with Gasteiger partial charge in [0.25, 0.3) is 5.69 Å². The number of benzene rings is 1. The summed E-state index contributed by atoms with van der Waals surface area (Å²) in [5, 5.41) is 18.7. The fraction of sp³-hybridized carbons (Fsp3) is 0.385. The molecular formula is C13H16N4O4. The Labute approximate surface area is 121 Å². The van der Waals surface area contributed by atoms with Crippen molar-refractivity contribution in [1.29, 1.82) is 0 Å². The van der Waals surface area contributed by atoms with Crippen molar-refractivity contribution in [3.05, 3.63) is 39.9 Å². The van der Waals surface area contributed by atoms with Gasteiger partial charge in [-0.1, -0.05) is 12.1 Å². The second kappa shape index (κ2) is 6.80. The number of rotatable bonds is 5. The predicted octanol–water partition coefficient (Wildman–Crippen LogP) is -0.658. The summed E-state index contributed by atoms with van der Waals surface area (Å²) in [5.74, 6) is -0.290. The van der Waals surface area contributed by atoms with Crippen LogP contribution in [0.5, 0.6) is 0 Å². The molecule has 0 bridgehead atoms. The van der Waals surface area contributed by atoms with Crippen molar-refractivity contribution in [3.8, 4) is 0 Å². The second-order valence-electron chi connectivity index (χ2n) is 4.70. The Morgan fingerprint density at radius 3 is 2.67 bits per heavy atom. The highest BCUT2D eigenvalue weighted by molar-refractivity contribution is 5.86. The van der Waals surface area contributed by atoms with Gasteiger partial charge < -0.3 is 10.6 Å². The zero-order valence-electron chi connectivity index (χ0n) is 11.3. The van der Waals surface area contributed by atoms with Crippen LogP contribution in [0.2, 0.25) is 0 Å². The van der Waals surface area contributed by atoms with Gasteiger partial charge in [-0.3, -0.25) is 25.0 Å². The van der Waals surface area contributed by atoms with E-state index in [9.17, 15) is 19.7 Å². The van der Waals surface area contributed by atoms with Crippen LogP contribution < -0.4 is 16.0 Å². The number of amides is 2. The van der Waals surface area contributed by atoms with E-state index >= 15 is 0 Å². The lowest BCUT2D eigenvalue weighted by Crippen LogP contribution is -2.58. The largest absolute Gasteiger partial charge is 0.354 e. The number of non-ortho nitro benzene ring substituents is 1. The van der Waals surface area contributed by atoms with Crippen LogP contribution in [0.3, 0.4) is 0 Å². The molecule has 8 nitrogen and oxygen atoms in total. The number of piperazine rings is 1. The minimum atomic E-state index is -0.450. The van der Waals surface area contributed by atoms with Crippen LogP contribution in [0.15, 0.2) is 24.3 Å². The van der Waals surface area contributed by atoms with Crippen molar-refractivity contribution in [2.45, 2.75) is 12.5 Å². The Kier molecular flexibility index (Phi) is 4.83. The molecule has 21 heavy (non-hydrogen) atoms. The maximum absolute atomic E-state index is 11.8. The Balaban J connectivity index is 1.74. The quantitative estimate of drug-likeness (QED) is 0.492. The first-order chi connectivity index (χ1) is 10.1. The molecule has 8 heteroatoms. The average Bonchev–Trinajstić information content (AvgIpc) is 2.48. The van der Waals surface area contributed by atoms with Crippen LogP contribution in [-0.4, -0.2) is 42.4 Å². The van der Waals surface area contributed by atoms with E-state index in [4.69, 9.17) is 0 Å². The monoisotopic (exact) mass is 292 g/mol. The van der Waals surface area contributed by atoms with Gasteiger partial charge in [0.2, 0.25) is 11.8 Å². The van der Waals surface area contributed by atoms with Crippen LogP contribution >= 0.6 is 0 Å². The number of nitrogens with one attached hydrogen (secondary N) is 3. The van der Waals surface area contributed by atoms with Crippen LogP contribution in [0.1, 0.15) is 5.56 Å². The third-order valence-corrected chi connectivity index (χ3v) is 3.19. The van der Waals surface area contributed by atoms with Gasteiger partial charge in [0, 0.05) is 25.2 Å². The topological polar surface area (TPSA) is 113 Å². The summed E-state index contributed by atoms with van der Waals surface area (Å²) in [6, 6.07) is 5.80. The van der Waals surface area contributed by atoms with Gasteiger partial charge in [-0.2, -0.15) is 0 Å². The summed E-state index contributed by atoms with van der Waals surface area (Å²) in [6.07, 6.45) is 0.586. The molecular weight excluding hydrogens is 276 g/mol. The third-order valence-electron chi connectivity index (χ3n) is 3.19. The molecule has 0 aliphatic carbocycles. The van der Waals surface area contributed by atoms with Gasteiger partial charge in [0.15, 0.2) is 0 Å². The summed E-state index contributed by atoms with van der Waals surface area (Å²) in [4.78, 5) is 32.9. The molecule has 2 rings (SSSR count). The molecule has 1 heterocycles. The number of nitro groups is 1. The van der Waals surface area contributed by atoms with Crippen molar-refractivity contribution in [3.63, 3.8) is 0 Å². The Morgan fingerprint density at radius 2 is 2.10 bits per heavy atom. The van der Waals surface area contributed by atoms with Crippen molar-refractivity contribution >= 4 is 17.5 Å². The lowest BCUT2D eigenvalue weighted by atomic mass is 10.1. The molecule has 3 N–H and O–H groups in total. The molecule has 112 valence electrons. The number of nitro benzene ring substituents is 1. The highest BCUT2D eigenvalue weighted by atomic mass is 16.6. The van der Waals surface area contributed by atoms with Gasteiger partial charge in [0.1, 0.15) is 6.04 Å². The fourth-order valence-corrected chi connectivity index (χ4v) is 1.99. The second-order valence-corrected chi connectivity index (χ2v) is 4.70. The molecule has 1 aromatic carbocycles. The van der Waals surface area contributed by atoms with Gasteiger partial charge in [-0.25, -0.2) is 0 Å². The molecule has 0 radical (unpaired) electrons. The first-order valence-electron chi connectivity index (χ1n) is 6.57. The predicted molar refractivity (Wildman–Crippen MR) is 74.6 cm³/mol. The first kappa shape index (κ1) is 14.9.